The van der Waals surface area contributed by atoms with Gasteiger partial charge < -0.3 is 5.32 Å². The van der Waals surface area contributed by atoms with Crippen LogP contribution in [0.1, 0.15) is 16.1 Å². The van der Waals surface area contributed by atoms with Crippen molar-refractivity contribution < 1.29 is 9.18 Å². The molecule has 24 heavy (non-hydrogen) atoms. The first kappa shape index (κ1) is 16.9. The molecule has 4 nitrogen and oxygen atoms in total. The van der Waals surface area contributed by atoms with E-state index in [1.54, 1.807) is 24.3 Å². The largest absolute Gasteiger partial charge is 0.346 e. The zero-order chi connectivity index (χ0) is 16.9. The molecule has 122 valence electrons. The van der Waals surface area contributed by atoms with Crippen molar-refractivity contribution in [3.63, 3.8) is 0 Å². The number of nitrogens with zero attached hydrogens (tertiary/aromatic N) is 2. The second kappa shape index (κ2) is 7.74. The highest BCUT2D eigenvalue weighted by molar-refractivity contribution is 8.01. The van der Waals surface area contributed by atoms with E-state index in [4.69, 9.17) is 11.6 Å². The van der Waals surface area contributed by atoms with Crippen LogP contribution >= 0.6 is 34.9 Å². The first-order chi connectivity index (χ1) is 11.6. The summed E-state index contributed by atoms with van der Waals surface area (Å²) in [6.07, 6.45) is 0. The number of hydrogen-bond donors (Lipinski definition) is 1. The Morgan fingerprint density at radius 3 is 2.58 bits per heavy atom. The Morgan fingerprint density at radius 1 is 1.17 bits per heavy atom. The predicted octanol–water partition coefficient (Wildman–Crippen LogP) is 4.41. The van der Waals surface area contributed by atoms with Gasteiger partial charge in [-0.05, 0) is 53.5 Å². The number of benzene rings is 2. The molecule has 0 atom stereocenters. The lowest BCUT2D eigenvalue weighted by Gasteiger charge is -2.05. The highest BCUT2D eigenvalue weighted by Gasteiger charge is 2.17. The van der Waals surface area contributed by atoms with E-state index < -0.39 is 0 Å². The predicted molar refractivity (Wildman–Crippen MR) is 93.1 cm³/mol. The standard InChI is InChI=1S/C16H11ClFN3OS2/c17-11-3-7-13(8-4-11)23-16-14(20-21-24-16)15(22)19-9-10-1-5-12(18)6-2-10/h1-8H,9H2,(H,19,22). The number of carbonyl (C=O) groups excluding carboxylic acids is 1. The lowest BCUT2D eigenvalue weighted by atomic mass is 10.2. The molecule has 3 aromatic rings. The Bertz CT molecular complexity index is 837. The molecule has 0 radical (unpaired) electrons. The second-order valence-electron chi connectivity index (χ2n) is 4.77. The Balaban J connectivity index is 1.66. The zero-order valence-electron chi connectivity index (χ0n) is 12.2. The fraction of sp³-hybridized carbons (Fsp3) is 0.0625. The first-order valence-electron chi connectivity index (χ1n) is 6.90. The van der Waals surface area contributed by atoms with Crippen LogP contribution in [0, 0.1) is 5.82 Å². The molecule has 0 aliphatic rings. The maximum absolute atomic E-state index is 12.9. The number of carbonyl (C=O) groups is 1. The van der Waals surface area contributed by atoms with Crippen LogP contribution < -0.4 is 5.32 Å². The molecule has 1 amide bonds. The van der Waals surface area contributed by atoms with Gasteiger partial charge in [0.1, 0.15) is 10.0 Å². The topological polar surface area (TPSA) is 54.9 Å². The Kier molecular flexibility index (Phi) is 5.44. The van der Waals surface area contributed by atoms with E-state index in [-0.39, 0.29) is 17.4 Å². The van der Waals surface area contributed by atoms with Crippen LogP contribution in [0.3, 0.4) is 0 Å². The first-order valence-corrected chi connectivity index (χ1v) is 8.87. The van der Waals surface area contributed by atoms with Crippen molar-refractivity contribution in [2.45, 2.75) is 15.6 Å². The summed E-state index contributed by atoms with van der Waals surface area (Å²) in [5.74, 6) is -0.625. The summed E-state index contributed by atoms with van der Waals surface area (Å²) in [6.45, 7) is 0.293. The number of rotatable bonds is 5. The summed E-state index contributed by atoms with van der Waals surface area (Å²) in [4.78, 5) is 13.2. The minimum Gasteiger partial charge on any atom is -0.346 e. The summed E-state index contributed by atoms with van der Waals surface area (Å²) < 4.78 is 17.4. The minimum atomic E-state index is -0.315. The Morgan fingerprint density at radius 2 is 1.88 bits per heavy atom. The van der Waals surface area contributed by atoms with Crippen LogP contribution in [-0.4, -0.2) is 15.5 Å². The van der Waals surface area contributed by atoms with E-state index in [0.717, 1.165) is 22.0 Å². The van der Waals surface area contributed by atoms with Crippen molar-refractivity contribution in [1.29, 1.82) is 0 Å². The van der Waals surface area contributed by atoms with Crippen molar-refractivity contribution in [3.8, 4) is 0 Å². The van der Waals surface area contributed by atoms with E-state index >= 15 is 0 Å². The van der Waals surface area contributed by atoms with Gasteiger partial charge in [0.05, 0.1) is 0 Å². The monoisotopic (exact) mass is 379 g/mol. The van der Waals surface area contributed by atoms with Crippen LogP contribution in [-0.2, 0) is 6.54 Å². The van der Waals surface area contributed by atoms with E-state index in [9.17, 15) is 9.18 Å². The smallest absolute Gasteiger partial charge is 0.274 e. The van der Waals surface area contributed by atoms with Gasteiger partial charge in [0.15, 0.2) is 5.69 Å². The third-order valence-electron chi connectivity index (χ3n) is 3.06. The third kappa shape index (κ3) is 4.31. The molecule has 3 rings (SSSR count). The van der Waals surface area contributed by atoms with Gasteiger partial charge in [0, 0.05) is 16.5 Å². The number of aromatic nitrogens is 2. The van der Waals surface area contributed by atoms with Gasteiger partial charge in [-0.25, -0.2) is 4.39 Å². The molecule has 0 aliphatic heterocycles. The van der Waals surface area contributed by atoms with Crippen LogP contribution in [0.15, 0.2) is 57.6 Å². The van der Waals surface area contributed by atoms with Gasteiger partial charge in [-0.2, -0.15) is 0 Å². The summed E-state index contributed by atoms with van der Waals surface area (Å²) in [5.41, 5.74) is 1.09. The van der Waals surface area contributed by atoms with E-state index in [1.165, 1.54) is 23.9 Å². The number of hydrogen-bond acceptors (Lipinski definition) is 5. The fourth-order valence-electron chi connectivity index (χ4n) is 1.87. The lowest BCUT2D eigenvalue weighted by Crippen LogP contribution is -2.23. The fourth-order valence-corrected chi connectivity index (χ4v) is 3.66. The third-order valence-corrected chi connectivity index (χ3v) is 5.20. The Labute approximate surface area is 151 Å². The van der Waals surface area contributed by atoms with Gasteiger partial charge in [-0.15, -0.1) is 5.10 Å². The maximum atomic E-state index is 12.9. The molecule has 0 spiro atoms. The van der Waals surface area contributed by atoms with Gasteiger partial charge in [-0.1, -0.05) is 40.0 Å². The summed E-state index contributed by atoms with van der Waals surface area (Å²) in [7, 11) is 0. The highest BCUT2D eigenvalue weighted by atomic mass is 35.5. The number of amides is 1. The average molecular weight is 380 g/mol. The van der Waals surface area contributed by atoms with Gasteiger partial charge in [0.25, 0.3) is 5.91 Å². The summed E-state index contributed by atoms with van der Waals surface area (Å²) in [6, 6.07) is 13.3. The Hall–Kier alpha value is -1.96. The van der Waals surface area contributed by atoms with E-state index in [0.29, 0.717) is 15.8 Å². The molecule has 2 aromatic carbocycles. The average Bonchev–Trinajstić information content (AvgIpc) is 3.04. The van der Waals surface area contributed by atoms with Crippen LogP contribution in [0.25, 0.3) is 0 Å². The van der Waals surface area contributed by atoms with Gasteiger partial charge in [0.2, 0.25) is 0 Å². The van der Waals surface area contributed by atoms with E-state index in [2.05, 4.69) is 14.9 Å². The lowest BCUT2D eigenvalue weighted by molar-refractivity contribution is 0.0943. The summed E-state index contributed by atoms with van der Waals surface area (Å²) in [5, 5.41) is 7.32. The highest BCUT2D eigenvalue weighted by Crippen LogP contribution is 2.32. The molecule has 1 N–H and O–H groups in total. The van der Waals surface area contributed by atoms with Crippen molar-refractivity contribution in [1.82, 2.24) is 14.9 Å². The molecule has 0 fully saturated rings. The molecule has 0 bridgehead atoms. The van der Waals surface area contributed by atoms with Crippen molar-refractivity contribution >= 4 is 40.8 Å². The number of nitrogens with one attached hydrogen (secondary N) is 1. The summed E-state index contributed by atoms with van der Waals surface area (Å²) >= 11 is 8.43. The number of halogens is 2. The molecule has 1 heterocycles. The van der Waals surface area contributed by atoms with Gasteiger partial charge >= 0.3 is 0 Å². The van der Waals surface area contributed by atoms with Gasteiger partial charge in [-0.3, -0.25) is 4.79 Å². The van der Waals surface area contributed by atoms with Crippen LogP contribution in [0.4, 0.5) is 4.39 Å². The van der Waals surface area contributed by atoms with E-state index in [1.807, 2.05) is 12.1 Å². The molecule has 0 unspecified atom stereocenters. The second-order valence-corrected chi connectivity index (χ2v) is 7.31. The molecule has 1 aromatic heterocycles. The molecule has 0 saturated heterocycles. The molecule has 0 aliphatic carbocycles. The minimum absolute atomic E-state index is 0.280. The SMILES string of the molecule is O=C(NCc1ccc(F)cc1)c1nnsc1Sc1ccc(Cl)cc1. The maximum Gasteiger partial charge on any atom is 0.274 e. The zero-order valence-corrected chi connectivity index (χ0v) is 14.6. The molecule has 0 saturated carbocycles. The van der Waals surface area contributed by atoms with Crippen molar-refractivity contribution in [2.24, 2.45) is 0 Å². The van der Waals surface area contributed by atoms with Crippen molar-refractivity contribution in [2.75, 3.05) is 0 Å². The van der Waals surface area contributed by atoms with Crippen LogP contribution in [0.2, 0.25) is 5.02 Å². The molecular weight excluding hydrogens is 369 g/mol. The molecule has 8 heteroatoms. The van der Waals surface area contributed by atoms with Crippen molar-refractivity contribution in [3.05, 3.63) is 70.6 Å². The molecular formula is C16H11ClFN3OS2. The van der Waals surface area contributed by atoms with Crippen LogP contribution in [0.5, 0.6) is 0 Å². The normalized spacial score (nSPS) is 10.6. The quantitative estimate of drug-likeness (QED) is 0.713.